The lowest BCUT2D eigenvalue weighted by Gasteiger charge is -2.34. The van der Waals surface area contributed by atoms with Gasteiger partial charge >= 0.3 is 12.1 Å². The molecule has 11 heteroatoms. The van der Waals surface area contributed by atoms with Gasteiger partial charge in [-0.05, 0) is 51.7 Å². The van der Waals surface area contributed by atoms with Gasteiger partial charge < -0.3 is 30.7 Å². The normalized spacial score (nSPS) is 12.6. The van der Waals surface area contributed by atoms with Crippen LogP contribution in [0.3, 0.4) is 0 Å². The van der Waals surface area contributed by atoms with Crippen LogP contribution >= 0.6 is 0 Å². The van der Waals surface area contributed by atoms with Crippen molar-refractivity contribution in [1.29, 1.82) is 0 Å². The number of unbranched alkanes of at least 4 members (excludes halogenated alkanes) is 1. The van der Waals surface area contributed by atoms with E-state index in [1.807, 2.05) is 26.0 Å². The fraction of sp³-hybridized carbons (Fsp3) is 0.607. The lowest BCUT2D eigenvalue weighted by molar-refractivity contribution is -0.144. The standard InChI is InChI=1S/C28H44N4O7/c1-7-10-17-32(26(36)21(18-22(29)33)31-27(37)39-28(4,5)6)24(20-13-11-19(8-2)12-14-20)25(35)30-16-15-23(34)38-9-3/h11-14,21,24H,7-10,15-18H2,1-6H3,(H2,29,33)(H,30,35)(H,31,37). The summed E-state index contributed by atoms with van der Waals surface area (Å²) in [5.41, 5.74) is 6.16. The highest BCUT2D eigenvalue weighted by Gasteiger charge is 2.36. The molecule has 0 aromatic heterocycles. The highest BCUT2D eigenvalue weighted by Crippen LogP contribution is 2.24. The Hall–Kier alpha value is -3.63. The summed E-state index contributed by atoms with van der Waals surface area (Å²) >= 11 is 0. The van der Waals surface area contributed by atoms with Crippen LogP contribution in [0.15, 0.2) is 24.3 Å². The summed E-state index contributed by atoms with van der Waals surface area (Å²) < 4.78 is 10.2. The third-order valence-corrected chi connectivity index (χ3v) is 5.63. The van der Waals surface area contributed by atoms with Crippen molar-refractivity contribution < 1.29 is 33.4 Å². The van der Waals surface area contributed by atoms with E-state index in [0.717, 1.165) is 18.4 Å². The second-order valence-electron chi connectivity index (χ2n) is 10.1. The van der Waals surface area contributed by atoms with Crippen LogP contribution in [-0.4, -0.2) is 66.0 Å². The summed E-state index contributed by atoms with van der Waals surface area (Å²) in [7, 11) is 0. The van der Waals surface area contributed by atoms with Crippen molar-refractivity contribution in [2.45, 2.75) is 91.3 Å². The van der Waals surface area contributed by atoms with Gasteiger partial charge in [-0.3, -0.25) is 19.2 Å². The topological polar surface area (TPSA) is 157 Å². The summed E-state index contributed by atoms with van der Waals surface area (Å²) in [6, 6.07) is 4.84. The molecule has 1 aromatic rings. The van der Waals surface area contributed by atoms with Gasteiger partial charge in [-0.15, -0.1) is 0 Å². The molecule has 1 aromatic carbocycles. The minimum absolute atomic E-state index is 0.0118. The molecular weight excluding hydrogens is 504 g/mol. The highest BCUT2D eigenvalue weighted by atomic mass is 16.6. The van der Waals surface area contributed by atoms with E-state index in [1.54, 1.807) is 39.8 Å². The minimum atomic E-state index is -1.35. The molecule has 0 aliphatic carbocycles. The molecule has 39 heavy (non-hydrogen) atoms. The third-order valence-electron chi connectivity index (χ3n) is 5.63. The molecule has 4 N–H and O–H groups in total. The molecular formula is C28H44N4O7. The SMILES string of the molecule is CCCCN(C(=O)C(CC(N)=O)NC(=O)OC(C)(C)C)C(C(=O)NCCC(=O)OCC)c1ccc(CC)cc1. The van der Waals surface area contributed by atoms with Crippen LogP contribution in [0.5, 0.6) is 0 Å². The number of amides is 4. The number of alkyl carbamates (subject to hydrolysis) is 1. The van der Waals surface area contributed by atoms with E-state index in [1.165, 1.54) is 4.90 Å². The van der Waals surface area contributed by atoms with Gasteiger partial charge in [0.15, 0.2) is 0 Å². The average molecular weight is 549 g/mol. The summed E-state index contributed by atoms with van der Waals surface area (Å²) in [6.45, 7) is 11.0. The fourth-order valence-corrected chi connectivity index (χ4v) is 3.77. The van der Waals surface area contributed by atoms with E-state index < -0.39 is 53.9 Å². The van der Waals surface area contributed by atoms with Crippen LogP contribution in [0.25, 0.3) is 0 Å². The summed E-state index contributed by atoms with van der Waals surface area (Å²) in [5.74, 6) is -2.42. The van der Waals surface area contributed by atoms with E-state index in [0.29, 0.717) is 12.0 Å². The van der Waals surface area contributed by atoms with Crippen LogP contribution in [0.1, 0.15) is 84.4 Å². The van der Waals surface area contributed by atoms with Crippen LogP contribution in [0.2, 0.25) is 0 Å². The first kappa shape index (κ1) is 33.4. The summed E-state index contributed by atoms with van der Waals surface area (Å²) in [4.78, 5) is 64.9. The zero-order chi connectivity index (χ0) is 29.6. The summed E-state index contributed by atoms with van der Waals surface area (Å²) in [6.07, 6.45) is 0.661. The van der Waals surface area contributed by atoms with Crippen molar-refractivity contribution in [3.63, 3.8) is 0 Å². The number of nitrogens with two attached hydrogens (primary N) is 1. The lowest BCUT2D eigenvalue weighted by atomic mass is 9.99. The molecule has 0 fully saturated rings. The Labute approximate surface area is 231 Å². The van der Waals surface area contributed by atoms with Crippen molar-refractivity contribution >= 4 is 29.8 Å². The number of nitrogens with zero attached hydrogens (tertiary/aromatic N) is 1. The largest absolute Gasteiger partial charge is 0.466 e. The van der Waals surface area contributed by atoms with Gasteiger partial charge in [0.1, 0.15) is 17.7 Å². The van der Waals surface area contributed by atoms with Gasteiger partial charge in [-0.25, -0.2) is 4.79 Å². The van der Waals surface area contributed by atoms with Crippen molar-refractivity contribution in [2.24, 2.45) is 5.73 Å². The van der Waals surface area contributed by atoms with Crippen molar-refractivity contribution in [3.8, 4) is 0 Å². The van der Waals surface area contributed by atoms with Gasteiger partial charge in [0.2, 0.25) is 17.7 Å². The van der Waals surface area contributed by atoms with Gasteiger partial charge in [0, 0.05) is 13.1 Å². The average Bonchev–Trinajstić information content (AvgIpc) is 2.84. The third kappa shape index (κ3) is 12.2. The lowest BCUT2D eigenvalue weighted by Crippen LogP contribution is -2.54. The smallest absolute Gasteiger partial charge is 0.408 e. The van der Waals surface area contributed by atoms with Crippen molar-refractivity contribution in [2.75, 3.05) is 19.7 Å². The number of carbonyl (C=O) groups is 5. The van der Waals surface area contributed by atoms with Crippen LogP contribution in [-0.2, 0) is 35.1 Å². The first-order valence-corrected chi connectivity index (χ1v) is 13.4. The molecule has 0 saturated carbocycles. The first-order chi connectivity index (χ1) is 18.3. The predicted octanol–water partition coefficient (Wildman–Crippen LogP) is 2.76. The molecule has 4 amide bonds. The predicted molar refractivity (Wildman–Crippen MR) is 146 cm³/mol. The monoisotopic (exact) mass is 548 g/mol. The van der Waals surface area contributed by atoms with Crippen LogP contribution in [0.4, 0.5) is 4.79 Å². The number of benzene rings is 1. The Bertz CT molecular complexity index is 973. The number of hydrogen-bond acceptors (Lipinski definition) is 7. The minimum Gasteiger partial charge on any atom is -0.466 e. The Morgan fingerprint density at radius 2 is 1.67 bits per heavy atom. The van der Waals surface area contributed by atoms with Gasteiger partial charge in [-0.2, -0.15) is 0 Å². The number of rotatable bonds is 15. The van der Waals surface area contributed by atoms with E-state index in [2.05, 4.69) is 10.6 Å². The Balaban J connectivity index is 3.42. The van der Waals surface area contributed by atoms with E-state index in [4.69, 9.17) is 15.2 Å². The number of ether oxygens (including phenoxy) is 2. The van der Waals surface area contributed by atoms with Gasteiger partial charge in [-0.1, -0.05) is 44.5 Å². The number of primary amides is 1. The van der Waals surface area contributed by atoms with Gasteiger partial charge in [0.05, 0.1) is 19.4 Å². The van der Waals surface area contributed by atoms with E-state index >= 15 is 0 Å². The van der Waals surface area contributed by atoms with E-state index in [9.17, 15) is 24.0 Å². The molecule has 2 atom stereocenters. The zero-order valence-electron chi connectivity index (χ0n) is 24.0. The molecule has 0 spiro atoms. The quantitative estimate of drug-likeness (QED) is 0.284. The van der Waals surface area contributed by atoms with Crippen molar-refractivity contribution in [3.05, 3.63) is 35.4 Å². The first-order valence-electron chi connectivity index (χ1n) is 13.4. The van der Waals surface area contributed by atoms with E-state index in [-0.39, 0.29) is 26.1 Å². The maximum atomic E-state index is 13.9. The molecule has 0 radical (unpaired) electrons. The number of nitrogens with one attached hydrogen (secondary N) is 2. The van der Waals surface area contributed by atoms with Gasteiger partial charge in [0.25, 0.3) is 0 Å². The maximum Gasteiger partial charge on any atom is 0.408 e. The second-order valence-corrected chi connectivity index (χ2v) is 10.1. The molecule has 0 aliphatic heterocycles. The fourth-order valence-electron chi connectivity index (χ4n) is 3.77. The number of aryl methyl sites for hydroxylation is 1. The van der Waals surface area contributed by atoms with Crippen LogP contribution in [0, 0.1) is 0 Å². The number of carbonyl (C=O) groups excluding carboxylic acids is 5. The van der Waals surface area contributed by atoms with Crippen LogP contribution < -0.4 is 16.4 Å². The molecule has 0 aliphatic rings. The maximum absolute atomic E-state index is 13.9. The molecule has 2 unspecified atom stereocenters. The zero-order valence-corrected chi connectivity index (χ0v) is 24.0. The molecule has 0 saturated heterocycles. The molecule has 1 rings (SSSR count). The Kier molecular flexibility index (Phi) is 14.0. The Morgan fingerprint density at radius 3 is 2.18 bits per heavy atom. The number of esters is 1. The molecule has 0 heterocycles. The molecule has 218 valence electrons. The molecule has 0 bridgehead atoms. The second kappa shape index (κ2) is 16.4. The Morgan fingerprint density at radius 1 is 1.03 bits per heavy atom. The van der Waals surface area contributed by atoms with Crippen molar-refractivity contribution in [1.82, 2.24) is 15.5 Å². The number of hydrogen-bond donors (Lipinski definition) is 3. The highest BCUT2D eigenvalue weighted by molar-refractivity contribution is 5.94. The molecule has 11 nitrogen and oxygen atoms in total. The summed E-state index contributed by atoms with van der Waals surface area (Å²) in [5, 5.41) is 5.18.